The molecular formula is C27H50O7S. The van der Waals surface area contributed by atoms with Crippen LogP contribution in [0.4, 0.5) is 0 Å². The summed E-state index contributed by atoms with van der Waals surface area (Å²) in [5.41, 5.74) is 0. The van der Waals surface area contributed by atoms with E-state index < -0.39 is 33.7 Å². The fourth-order valence-corrected chi connectivity index (χ4v) is 4.57. The van der Waals surface area contributed by atoms with Crippen LogP contribution in [0.5, 0.6) is 0 Å². The lowest BCUT2D eigenvalue weighted by Crippen LogP contribution is -2.33. The predicted molar refractivity (Wildman–Crippen MR) is 141 cm³/mol. The van der Waals surface area contributed by atoms with Gasteiger partial charge >= 0.3 is 11.9 Å². The van der Waals surface area contributed by atoms with Crippen LogP contribution in [0.1, 0.15) is 136 Å². The van der Waals surface area contributed by atoms with Gasteiger partial charge in [-0.2, -0.15) is 8.42 Å². The molecule has 0 aromatic rings. The van der Waals surface area contributed by atoms with E-state index in [1.54, 1.807) is 6.92 Å². The van der Waals surface area contributed by atoms with E-state index in [1.165, 1.54) is 96.0 Å². The van der Waals surface area contributed by atoms with E-state index >= 15 is 0 Å². The monoisotopic (exact) mass is 518 g/mol. The van der Waals surface area contributed by atoms with Crippen molar-refractivity contribution in [2.75, 3.05) is 6.61 Å². The van der Waals surface area contributed by atoms with Crippen molar-refractivity contribution >= 4 is 22.1 Å². The molecule has 0 fully saturated rings. The number of ether oxygens (including phenoxy) is 2. The molecule has 0 aromatic carbocycles. The summed E-state index contributed by atoms with van der Waals surface area (Å²) in [7, 11) is -4.76. The molecule has 0 saturated heterocycles. The highest BCUT2D eigenvalue weighted by atomic mass is 32.2. The van der Waals surface area contributed by atoms with Crippen LogP contribution in [0.25, 0.3) is 0 Å². The van der Waals surface area contributed by atoms with E-state index in [9.17, 15) is 18.0 Å². The number of allylic oxidation sites excluding steroid dienone is 1. The van der Waals surface area contributed by atoms with Crippen molar-refractivity contribution < 1.29 is 32.0 Å². The van der Waals surface area contributed by atoms with Crippen molar-refractivity contribution in [2.24, 2.45) is 0 Å². The van der Waals surface area contributed by atoms with E-state index in [0.717, 1.165) is 25.5 Å². The molecule has 0 radical (unpaired) electrons. The molecule has 0 spiro atoms. The molecule has 1 unspecified atom stereocenters. The zero-order valence-corrected chi connectivity index (χ0v) is 23.0. The summed E-state index contributed by atoms with van der Waals surface area (Å²) in [6.45, 7) is 4.00. The first-order valence-corrected chi connectivity index (χ1v) is 15.3. The first kappa shape index (κ1) is 33.6. The lowest BCUT2D eigenvalue weighted by molar-refractivity contribution is -0.147. The smallest absolute Gasteiger partial charge is 0.332 e. The largest absolute Gasteiger partial charge is 0.466 e. The van der Waals surface area contributed by atoms with Crippen LogP contribution in [-0.2, 0) is 29.2 Å². The molecule has 7 nitrogen and oxygen atoms in total. The van der Waals surface area contributed by atoms with Crippen LogP contribution in [0.3, 0.4) is 0 Å². The summed E-state index contributed by atoms with van der Waals surface area (Å²) in [5, 5.41) is -1.98. The number of unbranched alkanes of at least 4 members (excludes halogenated alkanes) is 17. The lowest BCUT2D eigenvalue weighted by atomic mass is 10.0. The Morgan fingerprint density at radius 2 is 1.14 bits per heavy atom. The molecule has 8 heteroatoms. The van der Waals surface area contributed by atoms with Gasteiger partial charge in [-0.05, 0) is 13.3 Å². The Morgan fingerprint density at radius 3 is 1.51 bits per heavy atom. The van der Waals surface area contributed by atoms with Crippen LogP contribution < -0.4 is 0 Å². The minimum atomic E-state index is -4.76. The highest BCUT2D eigenvalue weighted by Gasteiger charge is 2.35. The van der Waals surface area contributed by atoms with Crippen LogP contribution >= 0.6 is 0 Å². The maximum atomic E-state index is 11.8. The van der Waals surface area contributed by atoms with Gasteiger partial charge in [0.15, 0.2) is 5.25 Å². The topological polar surface area (TPSA) is 107 Å². The number of esters is 2. The maximum Gasteiger partial charge on any atom is 0.332 e. The van der Waals surface area contributed by atoms with Gasteiger partial charge in [0, 0.05) is 0 Å². The average Bonchev–Trinajstić information content (AvgIpc) is 2.81. The molecule has 35 heavy (non-hydrogen) atoms. The molecular weight excluding hydrogens is 468 g/mol. The van der Waals surface area contributed by atoms with E-state index in [2.05, 4.69) is 11.7 Å². The van der Waals surface area contributed by atoms with Crippen molar-refractivity contribution in [2.45, 2.75) is 141 Å². The van der Waals surface area contributed by atoms with Gasteiger partial charge in [-0.1, -0.05) is 122 Å². The molecule has 1 N–H and O–H groups in total. The highest BCUT2D eigenvalue weighted by molar-refractivity contribution is 7.87. The zero-order chi connectivity index (χ0) is 26.2. The van der Waals surface area contributed by atoms with E-state index in [4.69, 9.17) is 9.29 Å². The third-order valence-electron chi connectivity index (χ3n) is 6.06. The molecule has 0 aliphatic heterocycles. The molecule has 1 atom stereocenters. The molecule has 0 amide bonds. The van der Waals surface area contributed by atoms with Crippen molar-refractivity contribution in [1.82, 2.24) is 0 Å². The Balaban J connectivity index is 3.57. The third-order valence-corrected chi connectivity index (χ3v) is 7.13. The summed E-state index contributed by atoms with van der Waals surface area (Å²) < 4.78 is 41.4. The van der Waals surface area contributed by atoms with E-state index in [0.29, 0.717) is 6.42 Å². The zero-order valence-electron chi connectivity index (χ0n) is 22.2. The van der Waals surface area contributed by atoms with Gasteiger partial charge in [0.1, 0.15) is 0 Å². The standard InChI is InChI=1S/C27H50O7S/c1-3-5-6-7-8-9-10-11-12-13-14-15-16-17-18-19-20-21-23-33-26(28)24-25(35(30,31)32)27(29)34-22-4-2/h4,22,25H,3,5-21,23-24H2,1-2H3,(H,30,31,32)/b22-4+. The molecule has 0 aliphatic carbocycles. The van der Waals surface area contributed by atoms with Crippen LogP contribution in [0, 0.1) is 0 Å². The van der Waals surface area contributed by atoms with Gasteiger partial charge in [-0.25, -0.2) is 0 Å². The Kier molecular flexibility index (Phi) is 22.1. The Labute approximate surface area is 214 Å². The molecule has 0 aliphatic rings. The van der Waals surface area contributed by atoms with Crippen molar-refractivity contribution in [1.29, 1.82) is 0 Å². The van der Waals surface area contributed by atoms with Crippen LogP contribution in [0.15, 0.2) is 12.3 Å². The fourth-order valence-electron chi connectivity index (χ4n) is 3.92. The molecule has 0 rings (SSSR count). The van der Waals surface area contributed by atoms with Gasteiger partial charge in [-0.3, -0.25) is 14.1 Å². The molecule has 0 aromatic heterocycles. The fraction of sp³-hybridized carbons (Fsp3) is 0.852. The second kappa shape index (κ2) is 23.0. The summed E-state index contributed by atoms with van der Waals surface area (Å²) in [5.74, 6) is -2.06. The summed E-state index contributed by atoms with van der Waals surface area (Å²) >= 11 is 0. The molecule has 0 bridgehead atoms. The predicted octanol–water partition coefficient (Wildman–Crippen LogP) is 7.29. The maximum absolute atomic E-state index is 11.8. The number of hydrogen-bond acceptors (Lipinski definition) is 6. The normalized spacial score (nSPS) is 12.7. The Hall–Kier alpha value is -1.41. The third kappa shape index (κ3) is 21.6. The minimum Gasteiger partial charge on any atom is -0.466 e. The van der Waals surface area contributed by atoms with Gasteiger partial charge in [0.05, 0.1) is 19.3 Å². The van der Waals surface area contributed by atoms with Crippen molar-refractivity contribution in [3.63, 3.8) is 0 Å². The first-order chi connectivity index (χ1) is 16.8. The number of carbonyl (C=O) groups is 2. The SMILES string of the molecule is C/C=C/OC(=O)C(CC(=O)OCCCCCCCCCCCCCCCCCCCC)S(=O)(=O)O. The number of hydrogen-bond donors (Lipinski definition) is 1. The van der Waals surface area contributed by atoms with E-state index in [-0.39, 0.29) is 6.61 Å². The van der Waals surface area contributed by atoms with Gasteiger partial charge in [0.2, 0.25) is 0 Å². The minimum absolute atomic E-state index is 0.166. The van der Waals surface area contributed by atoms with Crippen molar-refractivity contribution in [3.05, 3.63) is 12.3 Å². The number of rotatable bonds is 24. The van der Waals surface area contributed by atoms with Crippen LogP contribution in [-0.4, -0.2) is 36.8 Å². The second-order valence-corrected chi connectivity index (χ2v) is 10.9. The summed E-state index contributed by atoms with van der Waals surface area (Å²) in [4.78, 5) is 23.6. The number of carbonyl (C=O) groups excluding carboxylic acids is 2. The quantitative estimate of drug-likeness (QED) is 0.0618. The van der Waals surface area contributed by atoms with Gasteiger partial charge < -0.3 is 9.47 Å². The van der Waals surface area contributed by atoms with E-state index in [1.807, 2.05) is 0 Å². The molecule has 206 valence electrons. The molecule has 0 saturated carbocycles. The Bertz CT molecular complexity index is 658. The molecule has 0 heterocycles. The van der Waals surface area contributed by atoms with Gasteiger partial charge in [-0.15, -0.1) is 0 Å². The van der Waals surface area contributed by atoms with Gasteiger partial charge in [0.25, 0.3) is 10.1 Å². The van der Waals surface area contributed by atoms with Crippen molar-refractivity contribution in [3.8, 4) is 0 Å². The Morgan fingerprint density at radius 1 is 0.743 bits per heavy atom. The average molecular weight is 519 g/mol. The second-order valence-electron chi connectivity index (χ2n) is 9.34. The lowest BCUT2D eigenvalue weighted by Gasteiger charge is -2.11. The van der Waals surface area contributed by atoms with Crippen LogP contribution in [0.2, 0.25) is 0 Å². The highest BCUT2D eigenvalue weighted by Crippen LogP contribution is 2.14. The first-order valence-electron chi connectivity index (χ1n) is 13.8. The summed E-state index contributed by atoms with van der Waals surface area (Å²) in [6, 6.07) is 0. The summed E-state index contributed by atoms with van der Waals surface area (Å²) in [6.07, 6.45) is 24.4.